The maximum atomic E-state index is 12.6. The Morgan fingerprint density at radius 2 is 2.17 bits per heavy atom. The van der Waals surface area contributed by atoms with Crippen LogP contribution in [0.3, 0.4) is 0 Å². The van der Waals surface area contributed by atoms with Crippen LogP contribution in [-0.4, -0.2) is 25.6 Å². The molecule has 1 amide bonds. The SMILES string of the molecule is CCOc1c(Br)cc(Cl)cc1NC(=O)C1CC12CCNCC2.Cl. The van der Waals surface area contributed by atoms with E-state index in [9.17, 15) is 4.79 Å². The van der Waals surface area contributed by atoms with E-state index >= 15 is 0 Å². The molecule has 1 saturated carbocycles. The third-order valence-corrected chi connectivity index (χ3v) is 5.47. The third kappa shape index (κ3) is 3.95. The molecule has 2 fully saturated rings. The van der Waals surface area contributed by atoms with E-state index in [0.29, 0.717) is 23.1 Å². The lowest BCUT2D eigenvalue weighted by Gasteiger charge is -2.23. The number of carbonyl (C=O) groups excluding carboxylic acids is 1. The summed E-state index contributed by atoms with van der Waals surface area (Å²) >= 11 is 9.54. The van der Waals surface area contributed by atoms with Gasteiger partial charge in [-0.2, -0.15) is 0 Å². The van der Waals surface area contributed by atoms with Crippen LogP contribution < -0.4 is 15.4 Å². The topological polar surface area (TPSA) is 50.4 Å². The van der Waals surface area contributed by atoms with Gasteiger partial charge in [-0.05, 0) is 72.8 Å². The average Bonchev–Trinajstić information content (AvgIpc) is 3.17. The van der Waals surface area contributed by atoms with E-state index in [1.54, 1.807) is 12.1 Å². The Hall–Kier alpha value is -0.490. The quantitative estimate of drug-likeness (QED) is 0.760. The zero-order valence-corrected chi connectivity index (χ0v) is 16.1. The van der Waals surface area contributed by atoms with Gasteiger partial charge in [0.1, 0.15) is 0 Å². The number of ether oxygens (including phenoxy) is 1. The van der Waals surface area contributed by atoms with Crippen molar-refractivity contribution in [1.29, 1.82) is 0 Å². The smallest absolute Gasteiger partial charge is 0.228 e. The molecular formula is C16H21BrCl2N2O2. The maximum Gasteiger partial charge on any atom is 0.228 e. The fourth-order valence-electron chi connectivity index (χ4n) is 3.36. The summed E-state index contributed by atoms with van der Waals surface area (Å²) < 4.78 is 6.38. The number of hydrogen-bond donors (Lipinski definition) is 2. The number of amides is 1. The second-order valence-electron chi connectivity index (χ2n) is 6.06. The first-order valence-electron chi connectivity index (χ1n) is 7.69. The van der Waals surface area contributed by atoms with Crippen molar-refractivity contribution < 1.29 is 9.53 Å². The molecule has 2 N–H and O–H groups in total. The number of nitrogens with one attached hydrogen (secondary N) is 2. The molecule has 4 nitrogen and oxygen atoms in total. The number of benzene rings is 1. The predicted molar refractivity (Wildman–Crippen MR) is 98.8 cm³/mol. The van der Waals surface area contributed by atoms with Gasteiger partial charge in [-0.25, -0.2) is 0 Å². The van der Waals surface area contributed by atoms with Crippen LogP contribution in [0.5, 0.6) is 5.75 Å². The van der Waals surface area contributed by atoms with Gasteiger partial charge in [0.2, 0.25) is 5.91 Å². The summed E-state index contributed by atoms with van der Waals surface area (Å²) in [5.41, 5.74) is 0.860. The molecule has 1 aromatic rings. The first-order valence-corrected chi connectivity index (χ1v) is 8.86. The first-order chi connectivity index (χ1) is 10.6. The minimum absolute atomic E-state index is 0. The monoisotopic (exact) mass is 422 g/mol. The van der Waals surface area contributed by atoms with Crippen LogP contribution in [0.25, 0.3) is 0 Å². The molecule has 23 heavy (non-hydrogen) atoms. The highest BCUT2D eigenvalue weighted by atomic mass is 79.9. The number of halogens is 3. The van der Waals surface area contributed by atoms with Gasteiger partial charge in [0, 0.05) is 10.9 Å². The molecule has 0 radical (unpaired) electrons. The molecule has 7 heteroatoms. The number of rotatable bonds is 4. The van der Waals surface area contributed by atoms with Gasteiger partial charge in [0.25, 0.3) is 0 Å². The van der Waals surface area contributed by atoms with Crippen molar-refractivity contribution in [1.82, 2.24) is 5.32 Å². The van der Waals surface area contributed by atoms with E-state index < -0.39 is 0 Å². The van der Waals surface area contributed by atoms with Crippen molar-refractivity contribution in [3.8, 4) is 5.75 Å². The fourth-order valence-corrected chi connectivity index (χ4v) is 4.28. The number of carbonyl (C=O) groups is 1. The van der Waals surface area contributed by atoms with Gasteiger partial charge >= 0.3 is 0 Å². The largest absolute Gasteiger partial charge is 0.491 e. The van der Waals surface area contributed by atoms with Crippen molar-refractivity contribution in [2.75, 3.05) is 25.0 Å². The molecule has 1 atom stereocenters. The molecular weight excluding hydrogens is 403 g/mol. The van der Waals surface area contributed by atoms with Crippen LogP contribution in [0.4, 0.5) is 5.69 Å². The predicted octanol–water partition coefficient (Wildman–Crippen LogP) is 4.25. The summed E-state index contributed by atoms with van der Waals surface area (Å²) in [7, 11) is 0. The van der Waals surface area contributed by atoms with E-state index in [1.807, 2.05) is 6.92 Å². The molecule has 1 spiro atoms. The molecule has 3 rings (SSSR count). The zero-order chi connectivity index (χ0) is 15.7. The Kier molecular flexibility index (Phi) is 6.22. The first kappa shape index (κ1) is 18.8. The standard InChI is InChI=1S/C16H20BrClN2O2.ClH/c1-2-22-14-12(17)7-10(18)8-13(14)20-15(21)11-9-16(11)3-5-19-6-4-16;/h7-8,11,19H,2-6,9H2,1H3,(H,20,21);1H. The minimum Gasteiger partial charge on any atom is -0.491 e. The Bertz CT molecular complexity index is 592. The molecule has 0 bridgehead atoms. The van der Waals surface area contributed by atoms with Crippen LogP contribution in [0.1, 0.15) is 26.2 Å². The van der Waals surface area contributed by atoms with Crippen LogP contribution in [0.15, 0.2) is 16.6 Å². The van der Waals surface area contributed by atoms with E-state index in [2.05, 4.69) is 26.6 Å². The van der Waals surface area contributed by atoms with E-state index in [0.717, 1.165) is 36.8 Å². The van der Waals surface area contributed by atoms with Gasteiger partial charge < -0.3 is 15.4 Å². The van der Waals surface area contributed by atoms with Gasteiger partial charge in [0.05, 0.1) is 16.8 Å². The highest BCUT2D eigenvalue weighted by Gasteiger charge is 2.57. The highest BCUT2D eigenvalue weighted by molar-refractivity contribution is 9.10. The molecule has 1 aromatic carbocycles. The molecule has 1 aliphatic carbocycles. The molecule has 1 saturated heterocycles. The Morgan fingerprint density at radius 1 is 1.48 bits per heavy atom. The summed E-state index contributed by atoms with van der Waals surface area (Å²) in [6, 6.07) is 3.51. The van der Waals surface area contributed by atoms with Crippen molar-refractivity contribution in [2.24, 2.45) is 11.3 Å². The lowest BCUT2D eigenvalue weighted by molar-refractivity contribution is -0.118. The summed E-state index contributed by atoms with van der Waals surface area (Å²) in [6.45, 7) is 4.47. The van der Waals surface area contributed by atoms with Crippen LogP contribution in [0.2, 0.25) is 5.02 Å². The molecule has 1 unspecified atom stereocenters. The third-order valence-electron chi connectivity index (χ3n) is 4.66. The second kappa shape index (κ2) is 7.60. The van der Waals surface area contributed by atoms with Crippen molar-refractivity contribution in [3.05, 3.63) is 21.6 Å². The molecule has 0 aromatic heterocycles. The van der Waals surface area contributed by atoms with Crippen molar-refractivity contribution in [3.63, 3.8) is 0 Å². The normalized spacial score (nSPS) is 21.4. The second-order valence-corrected chi connectivity index (χ2v) is 7.35. The van der Waals surface area contributed by atoms with Gasteiger partial charge in [-0.3, -0.25) is 4.79 Å². The molecule has 128 valence electrons. The van der Waals surface area contributed by atoms with Gasteiger partial charge in [-0.15, -0.1) is 12.4 Å². The Morgan fingerprint density at radius 3 is 2.83 bits per heavy atom. The van der Waals surface area contributed by atoms with E-state index in [-0.39, 0.29) is 29.6 Å². The van der Waals surface area contributed by atoms with Gasteiger partial charge in [-0.1, -0.05) is 11.6 Å². The Labute approximate surface area is 156 Å². The van der Waals surface area contributed by atoms with E-state index in [4.69, 9.17) is 16.3 Å². The number of piperidine rings is 1. The summed E-state index contributed by atoms with van der Waals surface area (Å²) in [5.74, 6) is 0.833. The van der Waals surface area contributed by atoms with Crippen LogP contribution in [0, 0.1) is 11.3 Å². The van der Waals surface area contributed by atoms with Crippen LogP contribution in [-0.2, 0) is 4.79 Å². The van der Waals surface area contributed by atoms with Gasteiger partial charge in [0.15, 0.2) is 5.75 Å². The lowest BCUT2D eigenvalue weighted by Crippen LogP contribution is -2.31. The van der Waals surface area contributed by atoms with E-state index in [1.165, 1.54) is 0 Å². The molecule has 2 aliphatic rings. The summed E-state index contributed by atoms with van der Waals surface area (Å²) in [5, 5.41) is 6.93. The average molecular weight is 424 g/mol. The minimum atomic E-state index is 0. The van der Waals surface area contributed by atoms with Crippen molar-refractivity contribution in [2.45, 2.75) is 26.2 Å². The summed E-state index contributed by atoms with van der Waals surface area (Å²) in [4.78, 5) is 12.6. The molecule has 1 aliphatic heterocycles. The molecule has 1 heterocycles. The fraction of sp³-hybridized carbons (Fsp3) is 0.562. The highest BCUT2D eigenvalue weighted by Crippen LogP contribution is 2.59. The number of hydrogen-bond acceptors (Lipinski definition) is 3. The maximum absolute atomic E-state index is 12.6. The lowest BCUT2D eigenvalue weighted by atomic mass is 9.92. The summed E-state index contributed by atoms with van der Waals surface area (Å²) in [6.07, 6.45) is 3.16. The zero-order valence-electron chi connectivity index (χ0n) is 13.0. The Balaban J connectivity index is 0.00000192. The van der Waals surface area contributed by atoms with Crippen molar-refractivity contribution >= 4 is 51.5 Å². The number of anilines is 1. The van der Waals surface area contributed by atoms with Crippen LogP contribution >= 0.6 is 39.9 Å².